The number of nitrogens with two attached hydrogens (primary N) is 2. The Kier molecular flexibility index (Phi) is 3.64. The first-order valence-corrected chi connectivity index (χ1v) is 5.66. The number of primary amides is 1. The first kappa shape index (κ1) is 14.0. The molecule has 7 nitrogen and oxygen atoms in total. The molecule has 0 fully saturated rings. The first-order chi connectivity index (χ1) is 8.20. The van der Waals surface area contributed by atoms with Crippen LogP contribution in [-0.4, -0.2) is 27.1 Å². The second kappa shape index (κ2) is 4.67. The lowest BCUT2D eigenvalue weighted by Gasteiger charge is -2.22. The maximum Gasteiger partial charge on any atom is 0.272 e. The van der Waals surface area contributed by atoms with E-state index in [-0.39, 0.29) is 5.69 Å². The van der Waals surface area contributed by atoms with E-state index in [1.54, 1.807) is 6.92 Å². The van der Waals surface area contributed by atoms with Crippen LogP contribution in [0.5, 0.6) is 0 Å². The number of anilines is 1. The number of nitrogens with zero attached hydrogens (tertiary/aromatic N) is 2. The highest BCUT2D eigenvalue weighted by atomic mass is 16.2. The summed E-state index contributed by atoms with van der Waals surface area (Å²) in [6, 6.07) is 0. The Morgan fingerprint density at radius 2 is 2.00 bits per heavy atom. The van der Waals surface area contributed by atoms with Gasteiger partial charge < -0.3 is 16.8 Å². The highest BCUT2D eigenvalue weighted by Gasteiger charge is 2.30. The molecule has 18 heavy (non-hydrogen) atoms. The van der Waals surface area contributed by atoms with Crippen molar-refractivity contribution in [3.8, 4) is 0 Å². The Morgan fingerprint density at radius 1 is 1.44 bits per heavy atom. The molecule has 5 N–H and O–H groups in total. The first-order valence-electron chi connectivity index (χ1n) is 5.66. The number of hydrogen-bond acceptors (Lipinski definition) is 4. The molecule has 0 unspecified atom stereocenters. The summed E-state index contributed by atoms with van der Waals surface area (Å²) < 4.78 is 1.50. The number of amides is 2. The van der Waals surface area contributed by atoms with Gasteiger partial charge in [0.2, 0.25) is 5.91 Å². The van der Waals surface area contributed by atoms with Gasteiger partial charge in [-0.15, -0.1) is 0 Å². The van der Waals surface area contributed by atoms with Gasteiger partial charge in [-0.2, -0.15) is 5.10 Å². The van der Waals surface area contributed by atoms with E-state index < -0.39 is 17.4 Å². The van der Waals surface area contributed by atoms with E-state index in [4.69, 9.17) is 11.5 Å². The number of rotatable bonds is 4. The molecule has 1 rings (SSSR count). The van der Waals surface area contributed by atoms with E-state index in [2.05, 4.69) is 10.4 Å². The summed E-state index contributed by atoms with van der Waals surface area (Å²) in [4.78, 5) is 23.3. The summed E-state index contributed by atoms with van der Waals surface area (Å²) >= 11 is 0. The SMILES string of the molecule is CCn1nc(C)c(N)c1C(=O)NC(C)(C)C(N)=O. The lowest BCUT2D eigenvalue weighted by atomic mass is 10.0. The van der Waals surface area contributed by atoms with E-state index in [1.165, 1.54) is 18.5 Å². The van der Waals surface area contributed by atoms with Crippen molar-refractivity contribution in [2.45, 2.75) is 39.8 Å². The Balaban J connectivity index is 3.09. The van der Waals surface area contributed by atoms with Gasteiger partial charge in [0.25, 0.3) is 5.91 Å². The van der Waals surface area contributed by atoms with E-state index in [1.807, 2.05) is 6.92 Å². The topological polar surface area (TPSA) is 116 Å². The molecule has 7 heteroatoms. The van der Waals surface area contributed by atoms with E-state index in [0.717, 1.165) is 0 Å². The van der Waals surface area contributed by atoms with Crippen LogP contribution in [0.4, 0.5) is 5.69 Å². The third-order valence-corrected chi connectivity index (χ3v) is 2.73. The second-order valence-electron chi connectivity index (χ2n) is 4.61. The van der Waals surface area contributed by atoms with Gasteiger partial charge in [0, 0.05) is 6.54 Å². The second-order valence-corrected chi connectivity index (χ2v) is 4.61. The minimum Gasteiger partial charge on any atom is -0.395 e. The molecule has 0 spiro atoms. The molecule has 0 atom stereocenters. The summed E-state index contributed by atoms with van der Waals surface area (Å²) in [7, 11) is 0. The quantitative estimate of drug-likeness (QED) is 0.688. The number of aryl methyl sites for hydroxylation is 2. The third-order valence-electron chi connectivity index (χ3n) is 2.73. The van der Waals surface area contributed by atoms with Gasteiger partial charge in [-0.25, -0.2) is 0 Å². The fraction of sp³-hybridized carbons (Fsp3) is 0.545. The van der Waals surface area contributed by atoms with Crippen LogP contribution >= 0.6 is 0 Å². The molecule has 0 aliphatic rings. The Hall–Kier alpha value is -2.05. The third kappa shape index (κ3) is 2.44. The summed E-state index contributed by atoms with van der Waals surface area (Å²) in [5, 5.41) is 6.69. The van der Waals surface area contributed by atoms with Gasteiger partial charge in [-0.05, 0) is 27.7 Å². The van der Waals surface area contributed by atoms with Crippen molar-refractivity contribution >= 4 is 17.5 Å². The van der Waals surface area contributed by atoms with Gasteiger partial charge in [0.05, 0.1) is 11.4 Å². The number of carbonyl (C=O) groups excluding carboxylic acids is 2. The van der Waals surface area contributed by atoms with Crippen molar-refractivity contribution < 1.29 is 9.59 Å². The number of hydrogen-bond donors (Lipinski definition) is 3. The molecule has 1 heterocycles. The van der Waals surface area contributed by atoms with Gasteiger partial charge >= 0.3 is 0 Å². The van der Waals surface area contributed by atoms with E-state index in [0.29, 0.717) is 17.9 Å². The van der Waals surface area contributed by atoms with Crippen molar-refractivity contribution in [2.75, 3.05) is 5.73 Å². The smallest absolute Gasteiger partial charge is 0.272 e. The number of carbonyl (C=O) groups is 2. The highest BCUT2D eigenvalue weighted by Crippen LogP contribution is 2.17. The van der Waals surface area contributed by atoms with Crippen LogP contribution in [0.3, 0.4) is 0 Å². The van der Waals surface area contributed by atoms with Crippen LogP contribution in [0.1, 0.15) is 37.0 Å². The molecule has 0 saturated heterocycles. The molecule has 0 radical (unpaired) electrons. The average molecular weight is 253 g/mol. The molecule has 0 aliphatic carbocycles. The monoisotopic (exact) mass is 253 g/mol. The van der Waals surface area contributed by atoms with Crippen molar-refractivity contribution in [3.63, 3.8) is 0 Å². The Labute approximate surface area is 106 Å². The highest BCUT2D eigenvalue weighted by molar-refractivity contribution is 6.01. The molecular formula is C11H19N5O2. The lowest BCUT2D eigenvalue weighted by molar-refractivity contribution is -0.122. The Bertz CT molecular complexity index is 490. The standard InChI is InChI=1S/C11H19N5O2/c1-5-16-8(7(12)6(2)15-16)9(17)14-11(3,4)10(13)18/h5,12H2,1-4H3,(H2,13,18)(H,14,17). The van der Waals surface area contributed by atoms with Crippen molar-refractivity contribution in [1.29, 1.82) is 0 Å². The van der Waals surface area contributed by atoms with E-state index in [9.17, 15) is 9.59 Å². The molecule has 0 aliphatic heterocycles. The molecule has 0 bridgehead atoms. The maximum atomic E-state index is 12.1. The lowest BCUT2D eigenvalue weighted by Crippen LogP contribution is -2.53. The molecule has 100 valence electrons. The number of nitrogens with one attached hydrogen (secondary N) is 1. The molecular weight excluding hydrogens is 234 g/mol. The fourth-order valence-electron chi connectivity index (χ4n) is 1.47. The van der Waals surface area contributed by atoms with Crippen molar-refractivity contribution in [3.05, 3.63) is 11.4 Å². The molecule has 0 aromatic carbocycles. The number of nitrogen functional groups attached to an aromatic ring is 1. The maximum absolute atomic E-state index is 12.1. The van der Waals surface area contributed by atoms with Crippen LogP contribution in [0.25, 0.3) is 0 Å². The van der Waals surface area contributed by atoms with Crippen LogP contribution < -0.4 is 16.8 Å². The van der Waals surface area contributed by atoms with E-state index >= 15 is 0 Å². The van der Waals surface area contributed by atoms with Gasteiger partial charge in [0.15, 0.2) is 0 Å². The zero-order valence-electron chi connectivity index (χ0n) is 11.1. The summed E-state index contributed by atoms with van der Waals surface area (Å²) in [6.45, 7) is 7.14. The predicted octanol–water partition coefficient (Wildman–Crippen LogP) is -0.213. The number of aromatic nitrogens is 2. The van der Waals surface area contributed by atoms with Crippen LogP contribution in [-0.2, 0) is 11.3 Å². The molecule has 1 aromatic heterocycles. The largest absolute Gasteiger partial charge is 0.395 e. The van der Waals surface area contributed by atoms with Crippen LogP contribution in [0.2, 0.25) is 0 Å². The summed E-state index contributed by atoms with van der Waals surface area (Å²) in [6.07, 6.45) is 0. The zero-order valence-corrected chi connectivity index (χ0v) is 11.1. The Morgan fingerprint density at radius 3 is 2.44 bits per heavy atom. The average Bonchev–Trinajstić information content (AvgIpc) is 2.54. The molecule has 2 amide bonds. The van der Waals surface area contributed by atoms with Crippen molar-refractivity contribution in [1.82, 2.24) is 15.1 Å². The molecule has 1 aromatic rings. The normalized spacial score (nSPS) is 11.3. The van der Waals surface area contributed by atoms with Gasteiger partial charge in [0.1, 0.15) is 11.2 Å². The van der Waals surface area contributed by atoms with Crippen LogP contribution in [0.15, 0.2) is 0 Å². The summed E-state index contributed by atoms with van der Waals surface area (Å²) in [5.74, 6) is -1.08. The van der Waals surface area contributed by atoms with Gasteiger partial charge in [-0.1, -0.05) is 0 Å². The fourth-order valence-corrected chi connectivity index (χ4v) is 1.47. The summed E-state index contributed by atoms with van der Waals surface area (Å²) in [5.41, 5.74) is 11.0. The minimum absolute atomic E-state index is 0.254. The zero-order chi connectivity index (χ0) is 14.1. The predicted molar refractivity (Wildman–Crippen MR) is 67.8 cm³/mol. The minimum atomic E-state index is -1.14. The van der Waals surface area contributed by atoms with Crippen molar-refractivity contribution in [2.24, 2.45) is 5.73 Å². The molecule has 0 saturated carbocycles. The van der Waals surface area contributed by atoms with Gasteiger partial charge in [-0.3, -0.25) is 14.3 Å². The van der Waals surface area contributed by atoms with Crippen LogP contribution in [0, 0.1) is 6.92 Å².